The van der Waals surface area contributed by atoms with E-state index in [0.29, 0.717) is 25.8 Å². The summed E-state index contributed by atoms with van der Waals surface area (Å²) in [5, 5.41) is 12.0. The van der Waals surface area contributed by atoms with Crippen LogP contribution in [0.4, 0.5) is 0 Å². The summed E-state index contributed by atoms with van der Waals surface area (Å²) in [5.41, 5.74) is 4.41. The number of nitrogens with one attached hydrogen (secondary N) is 1. The Morgan fingerprint density at radius 3 is 2.41 bits per heavy atom. The van der Waals surface area contributed by atoms with Crippen LogP contribution in [0.15, 0.2) is 0 Å². The summed E-state index contributed by atoms with van der Waals surface area (Å²) in [5.74, 6) is -1.03. The molecule has 0 aliphatic heterocycles. The highest BCUT2D eigenvalue weighted by atomic mass is 16.4. The first-order chi connectivity index (χ1) is 8.00. The second-order valence-corrected chi connectivity index (χ2v) is 5.04. The fraction of sp³-hybridized carbons (Fsp3) is 0.833. The largest absolute Gasteiger partial charge is 0.480 e. The number of hydrogen-bond donors (Lipinski definition) is 3. The minimum absolute atomic E-state index is 0.0874. The molecule has 0 aromatic rings. The van der Waals surface area contributed by atoms with Gasteiger partial charge in [-0.2, -0.15) is 0 Å². The van der Waals surface area contributed by atoms with E-state index < -0.39 is 11.5 Å². The number of carboxylic acids is 1. The molecule has 1 atom stereocenters. The highest BCUT2D eigenvalue weighted by Gasteiger charge is 2.40. The van der Waals surface area contributed by atoms with Gasteiger partial charge < -0.3 is 16.2 Å². The highest BCUT2D eigenvalue weighted by molar-refractivity contribution is 5.87. The summed E-state index contributed by atoms with van der Waals surface area (Å²) >= 11 is 0. The number of rotatable bonds is 5. The lowest BCUT2D eigenvalue weighted by molar-refractivity contribution is -0.149. The molecule has 0 saturated heterocycles. The van der Waals surface area contributed by atoms with Crippen LogP contribution in [0.3, 0.4) is 0 Å². The van der Waals surface area contributed by atoms with Gasteiger partial charge in [-0.1, -0.05) is 26.2 Å². The van der Waals surface area contributed by atoms with Gasteiger partial charge in [0.2, 0.25) is 5.91 Å². The molecule has 0 bridgehead atoms. The van der Waals surface area contributed by atoms with Crippen LogP contribution in [0.2, 0.25) is 0 Å². The van der Waals surface area contributed by atoms with Gasteiger partial charge in [0.15, 0.2) is 0 Å². The van der Waals surface area contributed by atoms with Crippen molar-refractivity contribution in [3.05, 3.63) is 0 Å². The van der Waals surface area contributed by atoms with E-state index in [0.717, 1.165) is 19.3 Å². The van der Waals surface area contributed by atoms with Crippen molar-refractivity contribution >= 4 is 11.9 Å². The van der Waals surface area contributed by atoms with Crippen molar-refractivity contribution in [1.29, 1.82) is 0 Å². The second kappa shape index (κ2) is 6.00. The van der Waals surface area contributed by atoms with Gasteiger partial charge in [-0.25, -0.2) is 4.79 Å². The van der Waals surface area contributed by atoms with Crippen LogP contribution in [0.25, 0.3) is 0 Å². The van der Waals surface area contributed by atoms with E-state index in [2.05, 4.69) is 5.32 Å². The van der Waals surface area contributed by atoms with Crippen molar-refractivity contribution in [3.8, 4) is 0 Å². The molecule has 5 nitrogen and oxygen atoms in total. The predicted molar refractivity (Wildman–Crippen MR) is 64.4 cm³/mol. The minimum Gasteiger partial charge on any atom is -0.480 e. The molecule has 1 aliphatic carbocycles. The normalized spacial score (nSPS) is 20.6. The molecule has 1 rings (SSSR count). The van der Waals surface area contributed by atoms with Gasteiger partial charge in [-0.05, 0) is 25.3 Å². The molecule has 1 aliphatic rings. The third-order valence-electron chi connectivity index (χ3n) is 3.43. The lowest BCUT2D eigenvalue weighted by Crippen LogP contribution is -2.55. The zero-order valence-electron chi connectivity index (χ0n) is 10.4. The molecule has 0 heterocycles. The molecular weight excluding hydrogens is 220 g/mol. The molecule has 5 heteroatoms. The average Bonchev–Trinajstić information content (AvgIpc) is 2.29. The number of carbonyl (C=O) groups is 2. The van der Waals surface area contributed by atoms with E-state index >= 15 is 0 Å². The average molecular weight is 242 g/mol. The molecule has 1 unspecified atom stereocenters. The van der Waals surface area contributed by atoms with Crippen LogP contribution < -0.4 is 11.1 Å². The monoisotopic (exact) mass is 242 g/mol. The van der Waals surface area contributed by atoms with Crippen molar-refractivity contribution in [2.45, 2.75) is 51.0 Å². The quantitative estimate of drug-likeness (QED) is 0.667. The van der Waals surface area contributed by atoms with E-state index in [9.17, 15) is 14.7 Å². The number of aliphatic carboxylic acids is 1. The zero-order valence-corrected chi connectivity index (χ0v) is 10.4. The summed E-state index contributed by atoms with van der Waals surface area (Å²) in [6.45, 7) is 2.32. The van der Waals surface area contributed by atoms with Crippen LogP contribution in [0, 0.1) is 5.92 Å². The Bertz CT molecular complexity index is 285. The summed E-state index contributed by atoms with van der Waals surface area (Å²) < 4.78 is 0. The molecule has 0 aromatic carbocycles. The van der Waals surface area contributed by atoms with Crippen LogP contribution in [-0.2, 0) is 9.59 Å². The molecule has 1 amide bonds. The Labute approximate surface area is 102 Å². The van der Waals surface area contributed by atoms with Crippen LogP contribution in [0.1, 0.15) is 45.4 Å². The SMILES string of the molecule is CC(CN)CC(=O)NC1(C(=O)O)CCCCC1. The predicted octanol–water partition coefficient (Wildman–Crippen LogP) is 0.875. The standard InChI is InChI=1S/C12H22N2O3/c1-9(8-13)7-10(15)14-12(11(16)17)5-3-2-4-6-12/h9H,2-8,13H2,1H3,(H,14,15)(H,16,17). The number of nitrogens with two attached hydrogens (primary N) is 1. The molecular formula is C12H22N2O3. The summed E-state index contributed by atoms with van der Waals surface area (Å²) in [7, 11) is 0. The Balaban J connectivity index is 2.60. The molecule has 17 heavy (non-hydrogen) atoms. The van der Waals surface area contributed by atoms with Gasteiger partial charge in [-0.3, -0.25) is 4.79 Å². The molecule has 0 radical (unpaired) electrons. The van der Waals surface area contributed by atoms with Gasteiger partial charge in [0.05, 0.1) is 0 Å². The molecule has 98 valence electrons. The maximum Gasteiger partial charge on any atom is 0.329 e. The Kier molecular flexibility index (Phi) is 4.93. The van der Waals surface area contributed by atoms with E-state index in [-0.39, 0.29) is 11.8 Å². The number of amides is 1. The van der Waals surface area contributed by atoms with Gasteiger partial charge in [0.25, 0.3) is 0 Å². The molecule has 0 aromatic heterocycles. The topological polar surface area (TPSA) is 92.4 Å². The first kappa shape index (κ1) is 14.0. The Morgan fingerprint density at radius 2 is 1.94 bits per heavy atom. The Hall–Kier alpha value is -1.10. The van der Waals surface area contributed by atoms with E-state index in [1.54, 1.807) is 0 Å². The van der Waals surface area contributed by atoms with Crippen molar-refractivity contribution in [2.75, 3.05) is 6.54 Å². The maximum absolute atomic E-state index is 11.8. The molecule has 1 fully saturated rings. The van der Waals surface area contributed by atoms with E-state index in [1.165, 1.54) is 0 Å². The van der Waals surface area contributed by atoms with Gasteiger partial charge in [-0.15, -0.1) is 0 Å². The van der Waals surface area contributed by atoms with Crippen LogP contribution in [0.5, 0.6) is 0 Å². The first-order valence-electron chi connectivity index (χ1n) is 6.24. The lowest BCUT2D eigenvalue weighted by Gasteiger charge is -2.34. The summed E-state index contributed by atoms with van der Waals surface area (Å²) in [6, 6.07) is 0. The number of carbonyl (C=O) groups excluding carboxylic acids is 1. The highest BCUT2D eigenvalue weighted by Crippen LogP contribution is 2.28. The second-order valence-electron chi connectivity index (χ2n) is 5.04. The van der Waals surface area contributed by atoms with Crippen LogP contribution >= 0.6 is 0 Å². The third kappa shape index (κ3) is 3.70. The molecule has 1 saturated carbocycles. The van der Waals surface area contributed by atoms with Crippen molar-refractivity contribution in [3.63, 3.8) is 0 Å². The summed E-state index contributed by atoms with van der Waals surface area (Å²) in [4.78, 5) is 23.1. The van der Waals surface area contributed by atoms with Crippen molar-refractivity contribution in [2.24, 2.45) is 11.7 Å². The zero-order chi connectivity index (χ0) is 12.9. The fourth-order valence-corrected chi connectivity index (χ4v) is 2.27. The van der Waals surface area contributed by atoms with Gasteiger partial charge in [0.1, 0.15) is 5.54 Å². The lowest BCUT2D eigenvalue weighted by atomic mass is 9.81. The smallest absolute Gasteiger partial charge is 0.329 e. The van der Waals surface area contributed by atoms with Gasteiger partial charge >= 0.3 is 5.97 Å². The third-order valence-corrected chi connectivity index (χ3v) is 3.43. The first-order valence-corrected chi connectivity index (χ1v) is 6.24. The van der Waals surface area contributed by atoms with Crippen molar-refractivity contribution in [1.82, 2.24) is 5.32 Å². The Morgan fingerprint density at radius 1 is 1.35 bits per heavy atom. The molecule has 0 spiro atoms. The molecule has 4 N–H and O–H groups in total. The minimum atomic E-state index is -1.04. The summed E-state index contributed by atoms with van der Waals surface area (Å²) in [6.07, 6.45) is 4.13. The number of carboxylic acid groups (broad SMARTS) is 1. The maximum atomic E-state index is 11.8. The van der Waals surface area contributed by atoms with E-state index in [1.807, 2.05) is 6.92 Å². The van der Waals surface area contributed by atoms with Gasteiger partial charge in [0, 0.05) is 6.42 Å². The van der Waals surface area contributed by atoms with Crippen molar-refractivity contribution < 1.29 is 14.7 Å². The van der Waals surface area contributed by atoms with E-state index in [4.69, 9.17) is 5.73 Å². The number of hydrogen-bond acceptors (Lipinski definition) is 3. The fourth-order valence-electron chi connectivity index (χ4n) is 2.27. The van der Waals surface area contributed by atoms with Crippen LogP contribution in [-0.4, -0.2) is 29.1 Å².